The second-order valence-electron chi connectivity index (χ2n) is 5.91. The number of nitrogens with one attached hydrogen (secondary N) is 1. The molecule has 2 N–H and O–H groups in total. The van der Waals surface area contributed by atoms with Gasteiger partial charge in [-0.25, -0.2) is 9.97 Å². The van der Waals surface area contributed by atoms with E-state index in [1.165, 1.54) is 0 Å². The van der Waals surface area contributed by atoms with Gasteiger partial charge in [0.2, 0.25) is 5.95 Å². The van der Waals surface area contributed by atoms with Gasteiger partial charge in [0.15, 0.2) is 0 Å². The highest BCUT2D eigenvalue weighted by molar-refractivity contribution is 5.80. The zero-order chi connectivity index (χ0) is 16.1. The van der Waals surface area contributed by atoms with Gasteiger partial charge in [0.1, 0.15) is 12.4 Å². The minimum Gasteiger partial charge on any atom is -0.491 e. The van der Waals surface area contributed by atoms with E-state index in [0.29, 0.717) is 25.2 Å². The summed E-state index contributed by atoms with van der Waals surface area (Å²) in [5.41, 5.74) is 0.855. The maximum absolute atomic E-state index is 9.57. The number of fused-ring (bicyclic) bond motifs is 1. The van der Waals surface area contributed by atoms with Gasteiger partial charge < -0.3 is 19.9 Å². The van der Waals surface area contributed by atoms with Crippen molar-refractivity contribution in [1.82, 2.24) is 9.97 Å². The summed E-state index contributed by atoms with van der Waals surface area (Å²) in [6.07, 6.45) is 5.23. The van der Waals surface area contributed by atoms with Crippen molar-refractivity contribution in [2.24, 2.45) is 0 Å². The molecular weight excluding hydrogens is 294 g/mol. The average Bonchev–Trinajstić information content (AvgIpc) is 2.57. The highest BCUT2D eigenvalue weighted by Gasteiger charge is 2.19. The number of hydrogen-bond donors (Lipinski definition) is 2. The van der Waals surface area contributed by atoms with E-state index < -0.39 is 0 Å². The number of anilines is 1. The van der Waals surface area contributed by atoms with Crippen LogP contribution in [0.4, 0.5) is 5.95 Å². The van der Waals surface area contributed by atoms with Crippen molar-refractivity contribution < 1.29 is 14.6 Å². The second kappa shape index (κ2) is 7.57. The summed E-state index contributed by atoms with van der Waals surface area (Å²) in [7, 11) is 1.65. The fourth-order valence-electron chi connectivity index (χ4n) is 2.81. The zero-order valence-corrected chi connectivity index (χ0v) is 13.4. The Morgan fingerprint density at radius 1 is 1.22 bits per heavy atom. The Morgan fingerprint density at radius 2 is 2.04 bits per heavy atom. The molecule has 0 amide bonds. The minimum atomic E-state index is -0.155. The summed E-state index contributed by atoms with van der Waals surface area (Å²) < 4.78 is 10.6. The first-order valence-electron chi connectivity index (χ1n) is 8.08. The number of nitrogens with zero attached hydrogens (tertiary/aromatic N) is 2. The highest BCUT2D eigenvalue weighted by Crippen LogP contribution is 2.23. The summed E-state index contributed by atoms with van der Waals surface area (Å²) in [6, 6.07) is 6.12. The first-order valence-corrected chi connectivity index (χ1v) is 8.08. The van der Waals surface area contributed by atoms with Crippen molar-refractivity contribution in [3.63, 3.8) is 0 Å². The van der Waals surface area contributed by atoms with Crippen LogP contribution in [0, 0.1) is 0 Å². The molecule has 1 aromatic heterocycles. The van der Waals surface area contributed by atoms with Crippen LogP contribution in [-0.4, -0.2) is 47.5 Å². The first-order chi connectivity index (χ1) is 11.2. The minimum absolute atomic E-state index is 0.155. The smallest absolute Gasteiger partial charge is 0.223 e. The van der Waals surface area contributed by atoms with Gasteiger partial charge in [-0.05, 0) is 37.8 Å². The Hall–Kier alpha value is -1.92. The average molecular weight is 317 g/mol. The molecule has 0 radical (unpaired) electrons. The SMILES string of the molecule is COCCOc1ccc2cnc(N[C@H]3CC[C@H](O)CC3)nc2c1. The lowest BCUT2D eigenvalue weighted by atomic mass is 9.93. The van der Waals surface area contributed by atoms with Crippen LogP contribution in [0.3, 0.4) is 0 Å². The van der Waals surface area contributed by atoms with Crippen LogP contribution in [0.1, 0.15) is 25.7 Å². The first kappa shape index (κ1) is 16.0. The molecule has 0 saturated heterocycles. The fraction of sp³-hybridized carbons (Fsp3) is 0.529. The van der Waals surface area contributed by atoms with E-state index in [2.05, 4.69) is 15.3 Å². The Kier molecular flexibility index (Phi) is 5.25. The predicted molar refractivity (Wildman–Crippen MR) is 88.8 cm³/mol. The molecule has 1 aromatic carbocycles. The molecule has 0 spiro atoms. The van der Waals surface area contributed by atoms with Gasteiger partial charge in [-0.1, -0.05) is 0 Å². The van der Waals surface area contributed by atoms with Gasteiger partial charge in [0, 0.05) is 30.8 Å². The van der Waals surface area contributed by atoms with Crippen LogP contribution in [0.2, 0.25) is 0 Å². The normalized spacial score (nSPS) is 21.3. The van der Waals surface area contributed by atoms with E-state index in [1.54, 1.807) is 7.11 Å². The molecule has 1 saturated carbocycles. The Bertz CT molecular complexity index is 642. The Balaban J connectivity index is 1.69. The van der Waals surface area contributed by atoms with Crippen molar-refractivity contribution in [2.45, 2.75) is 37.8 Å². The Labute approximate surface area is 135 Å². The molecule has 23 heavy (non-hydrogen) atoms. The molecule has 0 atom stereocenters. The summed E-state index contributed by atoms with van der Waals surface area (Å²) in [6.45, 7) is 1.07. The fourth-order valence-corrected chi connectivity index (χ4v) is 2.81. The molecule has 6 heteroatoms. The molecule has 6 nitrogen and oxygen atoms in total. The van der Waals surface area contributed by atoms with Gasteiger partial charge in [-0.15, -0.1) is 0 Å². The number of aliphatic hydroxyl groups excluding tert-OH is 1. The van der Waals surface area contributed by atoms with Crippen LogP contribution in [0.25, 0.3) is 10.9 Å². The van der Waals surface area contributed by atoms with Gasteiger partial charge in [0.05, 0.1) is 18.2 Å². The molecular formula is C17H23N3O3. The molecule has 0 bridgehead atoms. The molecule has 1 fully saturated rings. The van der Waals surface area contributed by atoms with Gasteiger partial charge in [0.25, 0.3) is 0 Å². The lowest BCUT2D eigenvalue weighted by Gasteiger charge is -2.26. The monoisotopic (exact) mass is 317 g/mol. The van der Waals surface area contributed by atoms with Crippen LogP contribution in [0.15, 0.2) is 24.4 Å². The number of rotatable bonds is 6. The number of aliphatic hydroxyl groups is 1. The van der Waals surface area contributed by atoms with Crippen molar-refractivity contribution >= 4 is 16.9 Å². The number of aromatic nitrogens is 2. The summed E-state index contributed by atoms with van der Waals surface area (Å²) in [5, 5.41) is 13.9. The topological polar surface area (TPSA) is 76.5 Å². The van der Waals surface area contributed by atoms with Crippen LogP contribution in [-0.2, 0) is 4.74 Å². The van der Waals surface area contributed by atoms with Crippen LogP contribution >= 0.6 is 0 Å². The van der Waals surface area contributed by atoms with E-state index in [4.69, 9.17) is 9.47 Å². The predicted octanol–water partition coefficient (Wildman–Crippen LogP) is 2.37. The van der Waals surface area contributed by atoms with Gasteiger partial charge >= 0.3 is 0 Å². The quantitative estimate of drug-likeness (QED) is 0.797. The molecule has 1 aliphatic rings. The number of methoxy groups -OCH3 is 1. The molecule has 0 aliphatic heterocycles. The van der Waals surface area contributed by atoms with Crippen molar-refractivity contribution in [1.29, 1.82) is 0 Å². The molecule has 3 rings (SSSR count). The van der Waals surface area contributed by atoms with Gasteiger partial charge in [-0.3, -0.25) is 0 Å². The maximum atomic E-state index is 9.57. The van der Waals surface area contributed by atoms with E-state index in [1.807, 2.05) is 24.4 Å². The standard InChI is InChI=1S/C17H23N3O3/c1-22-8-9-23-15-7-2-12-11-18-17(20-16(12)10-15)19-13-3-5-14(21)6-4-13/h2,7,10-11,13-14,21H,3-6,8-9H2,1H3,(H,18,19,20)/t13-,14-. The largest absolute Gasteiger partial charge is 0.491 e. The third-order valence-corrected chi connectivity index (χ3v) is 4.14. The molecule has 2 aromatic rings. The van der Waals surface area contributed by atoms with E-state index in [0.717, 1.165) is 42.3 Å². The molecule has 0 unspecified atom stereocenters. The van der Waals surface area contributed by atoms with Crippen LogP contribution in [0.5, 0.6) is 5.75 Å². The number of hydrogen-bond acceptors (Lipinski definition) is 6. The number of ether oxygens (including phenoxy) is 2. The highest BCUT2D eigenvalue weighted by atomic mass is 16.5. The molecule has 1 aliphatic carbocycles. The second-order valence-corrected chi connectivity index (χ2v) is 5.91. The molecule has 124 valence electrons. The number of benzene rings is 1. The molecule has 1 heterocycles. The van der Waals surface area contributed by atoms with Gasteiger partial charge in [-0.2, -0.15) is 0 Å². The lowest BCUT2D eigenvalue weighted by molar-refractivity contribution is 0.126. The van der Waals surface area contributed by atoms with Crippen molar-refractivity contribution in [3.8, 4) is 5.75 Å². The van der Waals surface area contributed by atoms with E-state index in [-0.39, 0.29) is 6.10 Å². The van der Waals surface area contributed by atoms with E-state index >= 15 is 0 Å². The summed E-state index contributed by atoms with van der Waals surface area (Å²) in [5.74, 6) is 1.41. The van der Waals surface area contributed by atoms with Crippen molar-refractivity contribution in [2.75, 3.05) is 25.6 Å². The lowest BCUT2D eigenvalue weighted by Crippen LogP contribution is -2.28. The van der Waals surface area contributed by atoms with E-state index in [9.17, 15) is 5.11 Å². The zero-order valence-electron chi connectivity index (χ0n) is 13.4. The van der Waals surface area contributed by atoms with Crippen LogP contribution < -0.4 is 10.1 Å². The Morgan fingerprint density at radius 3 is 2.83 bits per heavy atom. The van der Waals surface area contributed by atoms with Crippen molar-refractivity contribution in [3.05, 3.63) is 24.4 Å². The summed E-state index contributed by atoms with van der Waals surface area (Å²) >= 11 is 0. The summed E-state index contributed by atoms with van der Waals surface area (Å²) in [4.78, 5) is 8.96. The maximum Gasteiger partial charge on any atom is 0.223 e. The third-order valence-electron chi connectivity index (χ3n) is 4.14. The third kappa shape index (κ3) is 4.30.